The summed E-state index contributed by atoms with van der Waals surface area (Å²) >= 11 is 0. The maximum Gasteiger partial charge on any atom is 0.238 e. The van der Waals surface area contributed by atoms with Gasteiger partial charge in [0.15, 0.2) is 0 Å². The van der Waals surface area contributed by atoms with Crippen molar-refractivity contribution in [1.82, 2.24) is 15.1 Å². The van der Waals surface area contributed by atoms with Crippen molar-refractivity contribution >= 4 is 5.91 Å². The number of carbonyl (C=O) groups excluding carboxylic acids is 1. The summed E-state index contributed by atoms with van der Waals surface area (Å²) in [6.07, 6.45) is 1.17. The van der Waals surface area contributed by atoms with E-state index in [0.717, 1.165) is 32.7 Å². The molecule has 1 heterocycles. The molecule has 21 heavy (non-hydrogen) atoms. The second kappa shape index (κ2) is 7.77. The minimum atomic E-state index is -0.796. The average molecular weight is 294 g/mol. The minimum absolute atomic E-state index is 0.0447. The SMILES string of the molecule is CCCN1CCN([C@@H](C)C(=O)N[C@@](C)(C#N)C(C)C)CC1. The molecule has 0 saturated carbocycles. The van der Waals surface area contributed by atoms with Gasteiger partial charge in [0.05, 0.1) is 12.1 Å². The van der Waals surface area contributed by atoms with Crippen molar-refractivity contribution in [3.8, 4) is 6.07 Å². The fourth-order valence-electron chi connectivity index (χ4n) is 2.52. The van der Waals surface area contributed by atoms with Gasteiger partial charge < -0.3 is 10.2 Å². The van der Waals surface area contributed by atoms with Crippen LogP contribution in [-0.4, -0.2) is 60.0 Å². The summed E-state index contributed by atoms with van der Waals surface area (Å²) < 4.78 is 0. The molecule has 1 saturated heterocycles. The number of nitrogens with zero attached hydrogens (tertiary/aromatic N) is 3. The molecule has 0 aliphatic carbocycles. The highest BCUT2D eigenvalue weighted by molar-refractivity contribution is 5.82. The molecule has 1 N–H and O–H groups in total. The quantitative estimate of drug-likeness (QED) is 0.805. The molecule has 1 amide bonds. The number of nitriles is 1. The third-order valence-electron chi connectivity index (χ3n) is 4.64. The lowest BCUT2D eigenvalue weighted by molar-refractivity contribution is -0.128. The molecule has 5 nitrogen and oxygen atoms in total. The van der Waals surface area contributed by atoms with E-state index < -0.39 is 5.54 Å². The number of amides is 1. The second-order valence-corrected chi connectivity index (χ2v) is 6.51. The number of nitrogens with one attached hydrogen (secondary N) is 1. The summed E-state index contributed by atoms with van der Waals surface area (Å²) in [4.78, 5) is 17.1. The Labute approximate surface area is 129 Å². The maximum atomic E-state index is 12.4. The van der Waals surface area contributed by atoms with E-state index >= 15 is 0 Å². The van der Waals surface area contributed by atoms with Gasteiger partial charge in [-0.15, -0.1) is 0 Å². The lowest BCUT2D eigenvalue weighted by Crippen LogP contribution is -2.58. The van der Waals surface area contributed by atoms with Crippen LogP contribution in [0.4, 0.5) is 0 Å². The summed E-state index contributed by atoms with van der Waals surface area (Å²) in [5, 5.41) is 12.2. The van der Waals surface area contributed by atoms with Gasteiger partial charge in [-0.05, 0) is 32.7 Å². The Morgan fingerprint density at radius 1 is 1.29 bits per heavy atom. The van der Waals surface area contributed by atoms with Gasteiger partial charge >= 0.3 is 0 Å². The molecule has 0 bridgehead atoms. The number of carbonyl (C=O) groups is 1. The van der Waals surface area contributed by atoms with Gasteiger partial charge in [-0.25, -0.2) is 0 Å². The fourth-order valence-corrected chi connectivity index (χ4v) is 2.52. The van der Waals surface area contributed by atoms with Gasteiger partial charge in [0.2, 0.25) is 5.91 Å². The summed E-state index contributed by atoms with van der Waals surface area (Å²) in [6, 6.07) is 2.05. The number of hydrogen-bond donors (Lipinski definition) is 1. The van der Waals surface area contributed by atoms with Crippen molar-refractivity contribution in [2.24, 2.45) is 5.92 Å². The smallest absolute Gasteiger partial charge is 0.238 e. The molecular formula is C16H30N4O. The zero-order valence-corrected chi connectivity index (χ0v) is 14.1. The second-order valence-electron chi connectivity index (χ2n) is 6.51. The molecule has 0 aromatic rings. The largest absolute Gasteiger partial charge is 0.336 e. The topological polar surface area (TPSA) is 59.4 Å². The van der Waals surface area contributed by atoms with E-state index in [1.54, 1.807) is 6.92 Å². The van der Waals surface area contributed by atoms with Crippen molar-refractivity contribution in [1.29, 1.82) is 5.26 Å². The number of piperazine rings is 1. The van der Waals surface area contributed by atoms with Gasteiger partial charge in [-0.1, -0.05) is 20.8 Å². The Morgan fingerprint density at radius 3 is 2.29 bits per heavy atom. The normalized spacial score (nSPS) is 21.6. The third-order valence-corrected chi connectivity index (χ3v) is 4.64. The molecule has 2 atom stereocenters. The van der Waals surface area contributed by atoms with Gasteiger partial charge in [0, 0.05) is 26.2 Å². The van der Waals surface area contributed by atoms with Crippen LogP contribution >= 0.6 is 0 Å². The Morgan fingerprint density at radius 2 is 1.86 bits per heavy atom. The number of rotatable bonds is 6. The first-order chi connectivity index (χ1) is 9.84. The van der Waals surface area contributed by atoms with Crippen molar-refractivity contribution < 1.29 is 4.79 Å². The van der Waals surface area contributed by atoms with E-state index in [1.807, 2.05) is 20.8 Å². The molecule has 1 aliphatic rings. The monoisotopic (exact) mass is 294 g/mol. The molecule has 5 heteroatoms. The van der Waals surface area contributed by atoms with Gasteiger partial charge in [-0.3, -0.25) is 9.69 Å². The highest BCUT2D eigenvalue weighted by atomic mass is 16.2. The Bertz CT molecular complexity index is 382. The predicted molar refractivity (Wildman–Crippen MR) is 84.8 cm³/mol. The van der Waals surface area contributed by atoms with E-state index in [9.17, 15) is 10.1 Å². The Kier molecular flexibility index (Phi) is 6.63. The Hall–Kier alpha value is -1.12. The van der Waals surface area contributed by atoms with Crippen molar-refractivity contribution in [2.75, 3.05) is 32.7 Å². The summed E-state index contributed by atoms with van der Waals surface area (Å²) in [5.74, 6) is 0.0387. The lowest BCUT2D eigenvalue weighted by Gasteiger charge is -2.38. The molecule has 1 aliphatic heterocycles. The highest BCUT2D eigenvalue weighted by Crippen LogP contribution is 2.16. The van der Waals surface area contributed by atoms with Gasteiger partial charge in [0.1, 0.15) is 5.54 Å². The van der Waals surface area contributed by atoms with Crippen LogP contribution in [0, 0.1) is 17.2 Å². The van der Waals surface area contributed by atoms with E-state index in [-0.39, 0.29) is 17.9 Å². The first-order valence-electron chi connectivity index (χ1n) is 8.03. The summed E-state index contributed by atoms with van der Waals surface area (Å²) in [5.41, 5.74) is -0.796. The highest BCUT2D eigenvalue weighted by Gasteiger charge is 2.33. The van der Waals surface area contributed by atoms with E-state index in [0.29, 0.717) is 0 Å². The van der Waals surface area contributed by atoms with Crippen LogP contribution in [0.1, 0.15) is 41.0 Å². The van der Waals surface area contributed by atoms with E-state index in [2.05, 4.69) is 28.1 Å². The molecule has 0 aromatic heterocycles. The molecule has 120 valence electrons. The molecule has 0 radical (unpaired) electrons. The first kappa shape index (κ1) is 17.9. The maximum absolute atomic E-state index is 12.4. The molecular weight excluding hydrogens is 264 g/mol. The summed E-state index contributed by atoms with van der Waals surface area (Å²) in [7, 11) is 0. The minimum Gasteiger partial charge on any atom is -0.336 e. The predicted octanol–water partition coefficient (Wildman–Crippen LogP) is 1.46. The zero-order chi connectivity index (χ0) is 16.0. The van der Waals surface area contributed by atoms with Crippen molar-refractivity contribution in [2.45, 2.75) is 52.6 Å². The average Bonchev–Trinajstić information content (AvgIpc) is 2.47. The van der Waals surface area contributed by atoms with Crippen LogP contribution in [-0.2, 0) is 4.79 Å². The summed E-state index contributed by atoms with van der Waals surface area (Å²) in [6.45, 7) is 14.8. The van der Waals surface area contributed by atoms with Crippen LogP contribution < -0.4 is 5.32 Å². The van der Waals surface area contributed by atoms with Crippen LogP contribution in [0.15, 0.2) is 0 Å². The molecule has 1 fully saturated rings. The van der Waals surface area contributed by atoms with Gasteiger partial charge in [0.25, 0.3) is 0 Å². The standard InChI is InChI=1S/C16H30N4O/c1-6-7-19-8-10-20(11-9-19)14(4)15(21)18-16(5,12-17)13(2)3/h13-14H,6-11H2,1-5H3,(H,18,21)/t14-,16-/m0/s1. The van der Waals surface area contributed by atoms with Crippen LogP contribution in [0.2, 0.25) is 0 Å². The Balaban J connectivity index is 2.54. The van der Waals surface area contributed by atoms with E-state index in [4.69, 9.17) is 0 Å². The van der Waals surface area contributed by atoms with Crippen LogP contribution in [0.5, 0.6) is 0 Å². The first-order valence-corrected chi connectivity index (χ1v) is 8.03. The zero-order valence-electron chi connectivity index (χ0n) is 14.1. The van der Waals surface area contributed by atoms with E-state index in [1.165, 1.54) is 6.42 Å². The fraction of sp³-hybridized carbons (Fsp3) is 0.875. The van der Waals surface area contributed by atoms with Gasteiger partial charge in [-0.2, -0.15) is 5.26 Å². The molecule has 0 spiro atoms. The van der Waals surface area contributed by atoms with Crippen molar-refractivity contribution in [3.63, 3.8) is 0 Å². The molecule has 0 aromatic carbocycles. The van der Waals surface area contributed by atoms with Crippen molar-refractivity contribution in [3.05, 3.63) is 0 Å². The molecule has 1 rings (SSSR count). The van der Waals surface area contributed by atoms with Crippen LogP contribution in [0.3, 0.4) is 0 Å². The number of hydrogen-bond acceptors (Lipinski definition) is 4. The third kappa shape index (κ3) is 4.69. The lowest BCUT2D eigenvalue weighted by atomic mass is 9.89. The molecule has 0 unspecified atom stereocenters. The van der Waals surface area contributed by atoms with Crippen LogP contribution in [0.25, 0.3) is 0 Å².